The lowest BCUT2D eigenvalue weighted by Gasteiger charge is -2.28. The molecule has 1 aromatic heterocycles. The molecule has 1 aromatic carbocycles. The molecule has 104 valence electrons. The Balaban J connectivity index is 1.94. The van der Waals surface area contributed by atoms with Crippen molar-refractivity contribution in [2.24, 2.45) is 0 Å². The van der Waals surface area contributed by atoms with E-state index in [0.717, 1.165) is 35.8 Å². The lowest BCUT2D eigenvalue weighted by Crippen LogP contribution is -2.29. The summed E-state index contributed by atoms with van der Waals surface area (Å²) in [6, 6.07) is 10.0. The van der Waals surface area contributed by atoms with E-state index in [4.69, 9.17) is 4.74 Å². The molecule has 1 aliphatic heterocycles. The zero-order chi connectivity index (χ0) is 13.8. The van der Waals surface area contributed by atoms with E-state index in [1.807, 2.05) is 30.5 Å². The van der Waals surface area contributed by atoms with Gasteiger partial charge >= 0.3 is 0 Å². The number of hydrogen-bond acceptors (Lipinski definition) is 4. The molecule has 0 aliphatic carbocycles. The lowest BCUT2D eigenvalue weighted by molar-refractivity contribution is 0.416. The maximum absolute atomic E-state index is 5.40. The maximum Gasteiger partial charge on any atom is 0.128 e. The Morgan fingerprint density at radius 2 is 1.90 bits per heavy atom. The fourth-order valence-electron chi connectivity index (χ4n) is 2.67. The summed E-state index contributed by atoms with van der Waals surface area (Å²) in [7, 11) is 1.68. The minimum atomic E-state index is 0.831. The molecule has 0 radical (unpaired) electrons. The van der Waals surface area contributed by atoms with Crippen LogP contribution < -0.4 is 9.64 Å². The Morgan fingerprint density at radius 3 is 2.70 bits per heavy atom. The van der Waals surface area contributed by atoms with Crippen molar-refractivity contribution >= 4 is 5.69 Å². The van der Waals surface area contributed by atoms with Gasteiger partial charge in [-0.3, -0.25) is 0 Å². The summed E-state index contributed by atoms with van der Waals surface area (Å²) < 4.78 is 5.40. The molecule has 1 aliphatic rings. The molecular formula is C16H19N3O. The molecule has 4 nitrogen and oxygen atoms in total. The van der Waals surface area contributed by atoms with Gasteiger partial charge in [-0.15, -0.1) is 0 Å². The third-order valence-electron chi connectivity index (χ3n) is 3.74. The van der Waals surface area contributed by atoms with Gasteiger partial charge in [0.15, 0.2) is 0 Å². The van der Waals surface area contributed by atoms with Crippen molar-refractivity contribution in [2.45, 2.75) is 19.3 Å². The van der Waals surface area contributed by atoms with Gasteiger partial charge in [0.1, 0.15) is 5.75 Å². The van der Waals surface area contributed by atoms with Crippen LogP contribution in [0.3, 0.4) is 0 Å². The number of rotatable bonds is 3. The SMILES string of the molecule is COc1ccccc1-c1cc(N2CCCCC2)cnn1. The van der Waals surface area contributed by atoms with Gasteiger partial charge in [0.2, 0.25) is 0 Å². The molecule has 20 heavy (non-hydrogen) atoms. The average molecular weight is 269 g/mol. The smallest absolute Gasteiger partial charge is 0.128 e. The number of para-hydroxylation sites is 1. The first-order valence-electron chi connectivity index (χ1n) is 7.09. The zero-order valence-electron chi connectivity index (χ0n) is 11.7. The number of aromatic nitrogens is 2. The Labute approximate surface area is 119 Å². The van der Waals surface area contributed by atoms with Crippen molar-refractivity contribution in [2.75, 3.05) is 25.1 Å². The van der Waals surface area contributed by atoms with Crippen molar-refractivity contribution in [3.8, 4) is 17.0 Å². The first-order valence-corrected chi connectivity index (χ1v) is 7.09. The largest absolute Gasteiger partial charge is 0.496 e. The van der Waals surface area contributed by atoms with Gasteiger partial charge in [0.05, 0.1) is 24.7 Å². The van der Waals surface area contributed by atoms with Gasteiger partial charge in [-0.05, 0) is 37.5 Å². The molecule has 2 aromatic rings. The van der Waals surface area contributed by atoms with Crippen LogP contribution >= 0.6 is 0 Å². The Hall–Kier alpha value is -2.10. The van der Waals surface area contributed by atoms with E-state index in [1.165, 1.54) is 19.3 Å². The molecule has 0 N–H and O–H groups in total. The van der Waals surface area contributed by atoms with Crippen LogP contribution in [0.25, 0.3) is 11.3 Å². The Bertz CT molecular complexity index is 579. The van der Waals surface area contributed by atoms with Crippen LogP contribution in [0.2, 0.25) is 0 Å². The fraction of sp³-hybridized carbons (Fsp3) is 0.375. The Kier molecular flexibility index (Phi) is 3.81. The summed E-state index contributed by atoms with van der Waals surface area (Å²) in [4.78, 5) is 2.39. The minimum Gasteiger partial charge on any atom is -0.496 e. The van der Waals surface area contributed by atoms with E-state index < -0.39 is 0 Å². The van der Waals surface area contributed by atoms with Gasteiger partial charge in [0.25, 0.3) is 0 Å². The number of nitrogens with zero attached hydrogens (tertiary/aromatic N) is 3. The summed E-state index contributed by atoms with van der Waals surface area (Å²) in [5.41, 5.74) is 3.01. The predicted molar refractivity (Wildman–Crippen MR) is 80.1 cm³/mol. The van der Waals surface area contributed by atoms with Gasteiger partial charge in [-0.2, -0.15) is 10.2 Å². The van der Waals surface area contributed by atoms with Gasteiger partial charge in [-0.25, -0.2) is 0 Å². The second-order valence-corrected chi connectivity index (χ2v) is 5.05. The zero-order valence-corrected chi connectivity index (χ0v) is 11.7. The van der Waals surface area contributed by atoms with E-state index in [-0.39, 0.29) is 0 Å². The summed E-state index contributed by atoms with van der Waals surface area (Å²) >= 11 is 0. The van der Waals surface area contributed by atoms with E-state index in [1.54, 1.807) is 7.11 Å². The number of ether oxygens (including phenoxy) is 1. The maximum atomic E-state index is 5.40. The summed E-state index contributed by atoms with van der Waals surface area (Å²) in [6.45, 7) is 2.22. The van der Waals surface area contributed by atoms with Crippen LogP contribution in [0.5, 0.6) is 5.75 Å². The van der Waals surface area contributed by atoms with Crippen LogP contribution in [-0.4, -0.2) is 30.4 Å². The third kappa shape index (κ3) is 2.59. The third-order valence-corrected chi connectivity index (χ3v) is 3.74. The molecule has 0 spiro atoms. The van der Waals surface area contributed by atoms with E-state index in [2.05, 4.69) is 21.2 Å². The first kappa shape index (κ1) is 12.9. The topological polar surface area (TPSA) is 38.2 Å². The van der Waals surface area contributed by atoms with Gasteiger partial charge in [-0.1, -0.05) is 12.1 Å². The van der Waals surface area contributed by atoms with Crippen molar-refractivity contribution in [3.05, 3.63) is 36.5 Å². The Morgan fingerprint density at radius 1 is 1.10 bits per heavy atom. The monoisotopic (exact) mass is 269 g/mol. The highest BCUT2D eigenvalue weighted by Crippen LogP contribution is 2.30. The van der Waals surface area contributed by atoms with Crippen molar-refractivity contribution in [1.29, 1.82) is 0 Å². The molecule has 0 amide bonds. The van der Waals surface area contributed by atoms with Crippen LogP contribution in [0, 0.1) is 0 Å². The van der Waals surface area contributed by atoms with Gasteiger partial charge in [0, 0.05) is 18.7 Å². The van der Waals surface area contributed by atoms with Crippen molar-refractivity contribution in [1.82, 2.24) is 10.2 Å². The lowest BCUT2D eigenvalue weighted by atomic mass is 10.1. The molecular weight excluding hydrogens is 250 g/mol. The molecule has 0 atom stereocenters. The highest BCUT2D eigenvalue weighted by atomic mass is 16.5. The van der Waals surface area contributed by atoms with Crippen LogP contribution in [0.1, 0.15) is 19.3 Å². The van der Waals surface area contributed by atoms with Gasteiger partial charge < -0.3 is 9.64 Å². The number of piperidine rings is 1. The minimum absolute atomic E-state index is 0.831. The molecule has 0 bridgehead atoms. The van der Waals surface area contributed by atoms with Crippen molar-refractivity contribution in [3.63, 3.8) is 0 Å². The molecule has 0 unspecified atom stereocenters. The van der Waals surface area contributed by atoms with E-state index >= 15 is 0 Å². The van der Waals surface area contributed by atoms with E-state index in [9.17, 15) is 0 Å². The fourth-order valence-corrected chi connectivity index (χ4v) is 2.67. The van der Waals surface area contributed by atoms with Crippen molar-refractivity contribution < 1.29 is 4.74 Å². The number of anilines is 1. The summed E-state index contributed by atoms with van der Waals surface area (Å²) in [6.07, 6.45) is 5.69. The van der Waals surface area contributed by atoms with Crippen LogP contribution in [0.4, 0.5) is 5.69 Å². The molecule has 4 heteroatoms. The highest BCUT2D eigenvalue weighted by molar-refractivity contribution is 5.69. The molecule has 2 heterocycles. The second-order valence-electron chi connectivity index (χ2n) is 5.05. The standard InChI is InChI=1S/C16H19N3O/c1-20-16-8-4-3-7-14(16)15-11-13(12-17-18-15)19-9-5-2-6-10-19/h3-4,7-8,11-12H,2,5-6,9-10H2,1H3. The number of benzene rings is 1. The first-order chi connectivity index (χ1) is 9.88. The normalized spacial score (nSPS) is 15.2. The molecule has 1 fully saturated rings. The molecule has 1 saturated heterocycles. The van der Waals surface area contributed by atoms with Crippen LogP contribution in [0.15, 0.2) is 36.5 Å². The average Bonchev–Trinajstić information content (AvgIpc) is 2.56. The predicted octanol–water partition coefficient (Wildman–Crippen LogP) is 3.14. The number of methoxy groups -OCH3 is 1. The summed E-state index contributed by atoms with van der Waals surface area (Å²) in [5, 5.41) is 8.42. The number of hydrogen-bond donors (Lipinski definition) is 0. The second kappa shape index (κ2) is 5.90. The summed E-state index contributed by atoms with van der Waals surface area (Å²) in [5.74, 6) is 0.831. The van der Waals surface area contributed by atoms with Crippen LogP contribution in [-0.2, 0) is 0 Å². The highest BCUT2D eigenvalue weighted by Gasteiger charge is 2.14. The van der Waals surface area contributed by atoms with E-state index in [0.29, 0.717) is 0 Å². The quantitative estimate of drug-likeness (QED) is 0.858. The molecule has 3 rings (SSSR count). The molecule has 0 saturated carbocycles.